The Morgan fingerprint density at radius 1 is 1.00 bits per heavy atom. The second kappa shape index (κ2) is 70.9. The van der Waals surface area contributed by atoms with Gasteiger partial charge in [0.05, 0.1) is 0 Å². The van der Waals surface area contributed by atoms with Gasteiger partial charge in [0.25, 0.3) is 0 Å². The van der Waals surface area contributed by atoms with E-state index in [9.17, 15) is 0 Å². The van der Waals surface area contributed by atoms with Gasteiger partial charge in [0.2, 0.25) is 0 Å². The van der Waals surface area contributed by atoms with Gasteiger partial charge in [0, 0.05) is 16.8 Å². The van der Waals surface area contributed by atoms with Gasteiger partial charge in [-0.15, -0.1) is 0 Å². The first-order valence-electron chi connectivity index (χ1n) is 0.789. The molecule has 10 heteroatoms. The molecule has 0 rings (SSSR count). The summed E-state index contributed by atoms with van der Waals surface area (Å²) in [5.41, 5.74) is 10.3. The van der Waals surface area contributed by atoms with E-state index in [2.05, 4.69) is 5.73 Å². The summed E-state index contributed by atoms with van der Waals surface area (Å²) in [6.45, 7) is 0. The normalized spacial score (nSPS) is 2.18. The van der Waals surface area contributed by atoms with Crippen LogP contribution < -0.4 is 55.4 Å². The van der Waals surface area contributed by atoms with Gasteiger partial charge in [-0.25, -0.2) is 0 Å². The molecule has 0 spiro atoms. The first-order chi connectivity index (χ1) is 1.73. The van der Waals surface area contributed by atoms with E-state index in [0.29, 0.717) is 0 Å². The van der Waals surface area contributed by atoms with E-state index in [1.54, 1.807) is 0 Å². The molecule has 0 aromatic heterocycles. The Bertz CT molecular complexity index is 41.5. The van der Waals surface area contributed by atoms with Crippen molar-refractivity contribution in [3.63, 3.8) is 0 Å². The van der Waals surface area contributed by atoms with Crippen molar-refractivity contribution in [2.75, 3.05) is 0 Å². The largest absolute Gasteiger partial charge is 1.00 e. The fourth-order valence-electron chi connectivity index (χ4n) is 0. The third kappa shape index (κ3) is 1160. The molecule has 0 aromatic carbocycles. The molecule has 0 heterocycles. The number of nitrogens with one attached hydrogen (secondary N) is 2. The number of halogens is 4. The summed E-state index contributed by atoms with van der Waals surface area (Å²) in [6.07, 6.45) is 0. The Hall–Kier alpha value is 0.856. The minimum Gasteiger partial charge on any atom is -1.00 e. The van der Waals surface area contributed by atoms with Gasteiger partial charge in [-0.05, 0) is 5.96 Å². The minimum absolute atomic E-state index is 0. The first kappa shape index (κ1) is 94.0. The van der Waals surface area contributed by atoms with Crippen LogP contribution in [-0.2, 0) is 16.8 Å². The second-order valence-corrected chi connectivity index (χ2v) is 0.414. The molecule has 0 aliphatic carbocycles. The molecule has 0 saturated carbocycles. The molecule has 0 unspecified atom stereocenters. The van der Waals surface area contributed by atoms with Crippen LogP contribution in [0.15, 0.2) is 0 Å². The summed E-state index contributed by atoms with van der Waals surface area (Å²) in [7, 11) is 0. The summed E-state index contributed by atoms with van der Waals surface area (Å²) in [6, 6.07) is 0. The Balaban J connectivity index is -0.00000000214. The summed E-state index contributed by atoms with van der Waals surface area (Å²) >= 11 is 0. The Morgan fingerprint density at radius 2 is 1.00 bits per heavy atom. The van der Waals surface area contributed by atoms with E-state index in [-0.39, 0.29) is 78.7 Å². The van der Waals surface area contributed by atoms with Crippen molar-refractivity contribution in [3.8, 4) is 0 Å². The molecule has 0 aliphatic heterocycles. The molecule has 0 aliphatic rings. The maximum Gasteiger partial charge on any atom is 0 e. The van der Waals surface area contributed by atoms with Crippen molar-refractivity contribution in [1.82, 2.24) is 0 Å². The van der Waals surface area contributed by atoms with Gasteiger partial charge in [0.1, 0.15) is 0 Å². The molecule has 81 valence electrons. The Labute approximate surface area is 101 Å². The fraction of sp³-hybridized carbons (Fsp3) is 0. The van der Waals surface area contributed by atoms with Gasteiger partial charge in [0.15, 0.2) is 0 Å². The van der Waals surface area contributed by atoms with E-state index < -0.39 is 5.96 Å². The predicted molar refractivity (Wildman–Crippen MR) is 26.8 cm³/mol. The molecule has 5 nitrogen and oxygen atoms in total. The number of rotatable bonds is 0. The van der Waals surface area contributed by atoms with Gasteiger partial charge in [-0.2, -0.15) is 0 Å². The van der Waals surface area contributed by atoms with Gasteiger partial charge in [-0.1, -0.05) is 0 Å². The van der Waals surface area contributed by atoms with E-state index in [1.165, 1.54) is 0 Å². The van der Waals surface area contributed by atoms with Crippen molar-refractivity contribution in [1.29, 1.82) is 5.41 Å². The van der Waals surface area contributed by atoms with E-state index in [1.807, 2.05) is 0 Å². The molecular weight excluding hydrogens is 283 g/mol. The van der Waals surface area contributed by atoms with Crippen molar-refractivity contribution in [3.05, 3.63) is 18.0 Å². The van der Waals surface area contributed by atoms with Crippen LogP contribution >= 0.6 is 0 Å². The van der Waals surface area contributed by atoms with Crippen molar-refractivity contribution < 1.29 is 66.4 Å². The average Bonchev–Trinajstić information content (AvgIpc) is 0.811. The van der Waals surface area contributed by atoms with E-state index in [4.69, 9.17) is 11.1 Å². The third-order valence-electron chi connectivity index (χ3n) is 0. The van der Waals surface area contributed by atoms with Gasteiger partial charge < -0.3 is 78.8 Å². The quantitative estimate of drug-likeness (QED) is 0.332. The Kier molecular flexibility index (Phi) is 606. The van der Waals surface area contributed by atoms with Crippen LogP contribution in [0.1, 0.15) is 0 Å². The molecule has 0 bridgehead atoms. The maximum absolute atomic E-state index is 5.94. The van der Waals surface area contributed by atoms with Gasteiger partial charge in [-0.3, -0.25) is 0 Å². The SMILES string of the molecule is N=C([NH-])N.[Cl-].[Cl-].[Cl-].[Cl-].[Co].[NH2-].[NH2-]. The van der Waals surface area contributed by atoms with Crippen LogP contribution in [0.25, 0.3) is 18.0 Å². The van der Waals surface area contributed by atoms with Crippen molar-refractivity contribution in [2.24, 2.45) is 5.73 Å². The molecule has 8 N–H and O–H groups in total. The molecule has 1 radical (unpaired) electrons. The predicted octanol–water partition coefficient (Wildman–Crippen LogP) is -10.6. The molecule has 11 heavy (non-hydrogen) atoms. The average molecular weight is 291 g/mol. The molecule has 0 amide bonds. The molecule has 0 atom stereocenters. The molecular formula is CH8Cl4CoN5-7. The topological polar surface area (TPSA) is 141 Å². The van der Waals surface area contributed by atoms with E-state index in [0.717, 1.165) is 0 Å². The maximum atomic E-state index is 5.94. The summed E-state index contributed by atoms with van der Waals surface area (Å²) in [5, 5.41) is 5.94. The van der Waals surface area contributed by atoms with E-state index >= 15 is 0 Å². The molecule has 0 aromatic rings. The second-order valence-electron chi connectivity index (χ2n) is 0.414. The zero-order chi connectivity index (χ0) is 3.58. The van der Waals surface area contributed by atoms with Crippen LogP contribution in [0.3, 0.4) is 0 Å². The first-order valence-corrected chi connectivity index (χ1v) is 0.789. The minimum atomic E-state index is -0.583. The van der Waals surface area contributed by atoms with Crippen LogP contribution in [0.5, 0.6) is 0 Å². The number of hydrogen-bond acceptors (Lipinski definition) is 1. The smallest absolute Gasteiger partial charge is 0 e. The zero-order valence-electron chi connectivity index (χ0n) is 5.08. The summed E-state index contributed by atoms with van der Waals surface area (Å²) in [5.74, 6) is -0.583. The zero-order valence-corrected chi connectivity index (χ0v) is 9.14. The standard InChI is InChI=1S/CH4N3.4ClH.Co.2H2N/c2-1(3)4;;;;;;;/h(H4-,2,3,4);4*1H;;2*1H2/q-1;;;;;;2*-1/p-4. The number of guanidine groups is 1. The molecule has 0 saturated heterocycles. The van der Waals surface area contributed by atoms with Crippen molar-refractivity contribution >= 4 is 5.96 Å². The number of nitrogens with two attached hydrogens (primary N) is 3. The summed E-state index contributed by atoms with van der Waals surface area (Å²) < 4.78 is 0. The monoisotopic (exact) mass is 289 g/mol. The summed E-state index contributed by atoms with van der Waals surface area (Å²) in [4.78, 5) is 0. The van der Waals surface area contributed by atoms with Crippen LogP contribution in [-0.4, -0.2) is 5.96 Å². The van der Waals surface area contributed by atoms with Gasteiger partial charge >= 0.3 is 0 Å². The molecule has 0 fully saturated rings. The van der Waals surface area contributed by atoms with Crippen molar-refractivity contribution in [2.45, 2.75) is 0 Å². The third-order valence-corrected chi connectivity index (χ3v) is 0. The fourth-order valence-corrected chi connectivity index (χ4v) is 0. The van der Waals surface area contributed by atoms with Crippen LogP contribution in [0, 0.1) is 5.41 Å². The van der Waals surface area contributed by atoms with Crippen LogP contribution in [0.4, 0.5) is 0 Å². The van der Waals surface area contributed by atoms with Crippen LogP contribution in [0.2, 0.25) is 0 Å². The number of hydrogen-bond donors (Lipinski definition) is 2. The Morgan fingerprint density at radius 3 is 1.00 bits per heavy atom.